The summed E-state index contributed by atoms with van der Waals surface area (Å²) in [5.41, 5.74) is 12.9. The van der Waals surface area contributed by atoms with Crippen molar-refractivity contribution in [2.24, 2.45) is 0 Å². The molecule has 39 heavy (non-hydrogen) atoms. The summed E-state index contributed by atoms with van der Waals surface area (Å²) < 4.78 is 5.41. The van der Waals surface area contributed by atoms with E-state index in [0.717, 1.165) is 12.8 Å². The van der Waals surface area contributed by atoms with Crippen LogP contribution in [0.3, 0.4) is 0 Å². The Kier molecular flexibility index (Phi) is 5.62. The van der Waals surface area contributed by atoms with E-state index in [1.165, 1.54) is 68.8 Å². The third-order valence-electron chi connectivity index (χ3n) is 11.4. The Bertz CT molecular complexity index is 1610. The fraction of sp³-hybridized carbons (Fsp3) is 0.486. The maximum atomic E-state index is 2.78. The van der Waals surface area contributed by atoms with Gasteiger partial charge in [-0.15, -0.1) is 0 Å². The van der Waals surface area contributed by atoms with Crippen LogP contribution in [-0.2, 0) is 21.8 Å². The molecule has 0 bridgehead atoms. The highest BCUT2D eigenvalue weighted by atomic mass is 15.2. The summed E-state index contributed by atoms with van der Waals surface area (Å²) in [5, 5.41) is 0. The summed E-state index contributed by atoms with van der Waals surface area (Å²) in [6.45, 7) is 24.2. The average Bonchev–Trinajstić information content (AvgIpc) is 3.24. The van der Waals surface area contributed by atoms with Gasteiger partial charge < -0.3 is 0 Å². The molecule has 4 aromatic rings. The van der Waals surface area contributed by atoms with Crippen molar-refractivity contribution >= 4 is 11.0 Å². The van der Waals surface area contributed by atoms with E-state index in [4.69, 9.17) is 0 Å². The molecule has 1 aromatic heterocycles. The van der Waals surface area contributed by atoms with Crippen LogP contribution in [0.2, 0.25) is 0 Å². The highest BCUT2D eigenvalue weighted by Gasteiger charge is 2.57. The first-order chi connectivity index (χ1) is 18.3. The molecule has 0 fully saturated rings. The van der Waals surface area contributed by atoms with Crippen LogP contribution in [0.15, 0.2) is 54.6 Å². The van der Waals surface area contributed by atoms with Gasteiger partial charge in [-0.2, -0.15) is 4.57 Å². The van der Waals surface area contributed by atoms with Gasteiger partial charge in [0, 0.05) is 5.41 Å². The monoisotopic (exact) mass is 519 g/mol. The largest absolute Gasteiger partial charge is 0.295 e. The molecule has 2 aliphatic rings. The predicted molar refractivity (Wildman–Crippen MR) is 165 cm³/mol. The number of imidazole rings is 1. The van der Waals surface area contributed by atoms with Crippen molar-refractivity contribution in [2.75, 3.05) is 0 Å². The number of hydrogen-bond donors (Lipinski definition) is 0. The first-order valence-corrected chi connectivity index (χ1v) is 15.1. The molecule has 0 radical (unpaired) electrons. The highest BCUT2D eigenvalue weighted by molar-refractivity contribution is 5.84. The van der Waals surface area contributed by atoms with Crippen LogP contribution < -0.4 is 4.57 Å². The van der Waals surface area contributed by atoms with E-state index in [9.17, 15) is 0 Å². The molecule has 0 saturated heterocycles. The Labute approximate surface area is 236 Å². The van der Waals surface area contributed by atoms with Crippen molar-refractivity contribution in [1.29, 1.82) is 0 Å². The number of para-hydroxylation sites is 1. The van der Waals surface area contributed by atoms with Gasteiger partial charge >= 0.3 is 0 Å². The minimum atomic E-state index is -0.0753. The zero-order valence-corrected chi connectivity index (χ0v) is 25.9. The van der Waals surface area contributed by atoms with E-state index in [2.05, 4.69) is 133 Å². The molecule has 2 heterocycles. The van der Waals surface area contributed by atoms with E-state index in [1.54, 1.807) is 0 Å². The molecule has 1 aliphatic carbocycles. The van der Waals surface area contributed by atoms with E-state index in [1.807, 2.05) is 0 Å². The Balaban J connectivity index is 1.91. The van der Waals surface area contributed by atoms with Gasteiger partial charge in [0.15, 0.2) is 11.0 Å². The smallest absolute Gasteiger partial charge is 0.216 e. The first kappa shape index (κ1) is 26.4. The molecule has 2 nitrogen and oxygen atoms in total. The standard InChI is InChI=1S/C37H47N2/c1-11-36(9)27-19-14-13-18-26(27)33-38(32-24(3)16-15-17-25(32)4)30-22-28-29(35(7,8)21-20-34(28,5)6)23-31(30)39(33)37(36,10)12-2/h13-19,22-23H,11-12,20-21H2,1-10H3/q+1. The molecule has 1 aliphatic heterocycles. The number of aromatic nitrogens is 2. The molecule has 0 saturated carbocycles. The molecule has 2 unspecified atom stereocenters. The quantitative estimate of drug-likeness (QED) is 0.238. The van der Waals surface area contributed by atoms with Crippen molar-refractivity contribution in [1.82, 2.24) is 4.57 Å². The van der Waals surface area contributed by atoms with Crippen molar-refractivity contribution in [2.45, 2.75) is 117 Å². The maximum Gasteiger partial charge on any atom is 0.295 e. The molecular formula is C37H47N2+. The molecule has 204 valence electrons. The molecule has 2 atom stereocenters. The third kappa shape index (κ3) is 3.30. The van der Waals surface area contributed by atoms with Crippen LogP contribution in [0.25, 0.3) is 28.1 Å². The zero-order valence-electron chi connectivity index (χ0n) is 25.9. The van der Waals surface area contributed by atoms with Gasteiger partial charge in [-0.3, -0.25) is 0 Å². The second kappa shape index (κ2) is 8.32. The Morgan fingerprint density at radius 1 is 0.718 bits per heavy atom. The van der Waals surface area contributed by atoms with E-state index < -0.39 is 0 Å². The van der Waals surface area contributed by atoms with Crippen molar-refractivity contribution in [3.63, 3.8) is 0 Å². The summed E-state index contributed by atoms with van der Waals surface area (Å²) in [6, 6.07) is 21.2. The second-order valence-corrected chi connectivity index (χ2v) is 14.2. The van der Waals surface area contributed by atoms with Gasteiger partial charge in [0.2, 0.25) is 0 Å². The number of nitrogens with zero attached hydrogens (tertiary/aromatic N) is 2. The topological polar surface area (TPSA) is 8.81 Å². The molecule has 3 aromatic carbocycles. The molecule has 0 N–H and O–H groups in total. The Morgan fingerprint density at radius 3 is 1.90 bits per heavy atom. The fourth-order valence-electron chi connectivity index (χ4n) is 8.22. The first-order valence-electron chi connectivity index (χ1n) is 15.1. The van der Waals surface area contributed by atoms with E-state index in [0.29, 0.717) is 0 Å². The van der Waals surface area contributed by atoms with Gasteiger partial charge in [0.25, 0.3) is 5.82 Å². The van der Waals surface area contributed by atoms with Crippen LogP contribution in [-0.4, -0.2) is 4.57 Å². The number of benzene rings is 3. The molecule has 6 rings (SSSR count). The Morgan fingerprint density at radius 2 is 1.31 bits per heavy atom. The highest BCUT2D eigenvalue weighted by Crippen LogP contribution is 2.53. The fourth-order valence-corrected chi connectivity index (χ4v) is 8.22. The number of rotatable bonds is 3. The SMILES string of the molecule is CCC1(C)c2ccccc2-c2n(-c3c(C)cccc3C)c3cc4c(cc3[n+]2C1(C)CC)C(C)(C)CCC4(C)C. The minimum absolute atomic E-state index is 0.0145. The number of hydrogen-bond acceptors (Lipinski definition) is 0. The lowest BCUT2D eigenvalue weighted by molar-refractivity contribution is -0.743. The summed E-state index contributed by atoms with van der Waals surface area (Å²) in [6.07, 6.45) is 4.61. The van der Waals surface area contributed by atoms with Crippen LogP contribution >= 0.6 is 0 Å². The van der Waals surface area contributed by atoms with Crippen molar-refractivity contribution in [3.05, 3.63) is 82.4 Å². The van der Waals surface area contributed by atoms with Gasteiger partial charge in [0.05, 0.1) is 5.56 Å². The van der Waals surface area contributed by atoms with Crippen molar-refractivity contribution < 1.29 is 4.57 Å². The van der Waals surface area contributed by atoms with Crippen LogP contribution in [0.1, 0.15) is 109 Å². The van der Waals surface area contributed by atoms with Crippen LogP contribution in [0.4, 0.5) is 0 Å². The van der Waals surface area contributed by atoms with Gasteiger partial charge in [-0.1, -0.05) is 84.9 Å². The summed E-state index contributed by atoms with van der Waals surface area (Å²) in [4.78, 5) is 0. The predicted octanol–water partition coefficient (Wildman–Crippen LogP) is 9.36. The lowest BCUT2D eigenvalue weighted by Gasteiger charge is -2.48. The maximum absolute atomic E-state index is 2.78. The minimum Gasteiger partial charge on any atom is -0.216 e. The van der Waals surface area contributed by atoms with Gasteiger partial charge in [-0.25, -0.2) is 4.57 Å². The lowest BCUT2D eigenvalue weighted by atomic mass is 9.61. The number of fused-ring (bicyclic) bond motifs is 6. The van der Waals surface area contributed by atoms with E-state index >= 15 is 0 Å². The lowest BCUT2D eigenvalue weighted by Crippen LogP contribution is -2.67. The molecular weight excluding hydrogens is 472 g/mol. The third-order valence-corrected chi connectivity index (χ3v) is 11.4. The summed E-state index contributed by atoms with van der Waals surface area (Å²) in [7, 11) is 0. The summed E-state index contributed by atoms with van der Waals surface area (Å²) >= 11 is 0. The van der Waals surface area contributed by atoms with Crippen LogP contribution in [0.5, 0.6) is 0 Å². The molecule has 2 heteroatoms. The van der Waals surface area contributed by atoms with E-state index in [-0.39, 0.29) is 21.8 Å². The van der Waals surface area contributed by atoms with Gasteiger partial charge in [-0.05, 0) is 103 Å². The molecule has 0 amide bonds. The summed E-state index contributed by atoms with van der Waals surface area (Å²) in [5.74, 6) is 1.34. The van der Waals surface area contributed by atoms with Crippen LogP contribution in [0, 0.1) is 13.8 Å². The second-order valence-electron chi connectivity index (χ2n) is 14.2. The normalized spacial score (nSPS) is 24.8. The number of aryl methyl sites for hydroxylation is 2. The zero-order chi connectivity index (χ0) is 28.1. The van der Waals surface area contributed by atoms with Crippen molar-refractivity contribution in [3.8, 4) is 17.1 Å². The molecule has 0 spiro atoms. The Hall–Kier alpha value is -2.87. The van der Waals surface area contributed by atoms with Gasteiger partial charge in [0.1, 0.15) is 11.2 Å². The average molecular weight is 520 g/mol.